The van der Waals surface area contributed by atoms with Gasteiger partial charge in [-0.3, -0.25) is 0 Å². The van der Waals surface area contributed by atoms with Crippen molar-refractivity contribution in [1.29, 1.82) is 0 Å². The van der Waals surface area contributed by atoms with Gasteiger partial charge in [-0.15, -0.1) is 0 Å². The average Bonchev–Trinajstić information content (AvgIpc) is 2.46. The van der Waals surface area contributed by atoms with Gasteiger partial charge in [0.25, 0.3) is 0 Å². The predicted octanol–water partition coefficient (Wildman–Crippen LogP) is 2.41. The van der Waals surface area contributed by atoms with Crippen LogP contribution in [0.25, 0.3) is 0 Å². The van der Waals surface area contributed by atoms with Gasteiger partial charge in [0, 0.05) is 6.07 Å². The van der Waals surface area contributed by atoms with Gasteiger partial charge >= 0.3 is 6.03 Å². The molecule has 2 aromatic carbocycles. The minimum Gasteiger partial charge on any atom is -0.489 e. The third-order valence-electron chi connectivity index (χ3n) is 2.57. The van der Waals surface area contributed by atoms with Crippen LogP contribution in [0.15, 0.2) is 53.6 Å². The number of nitrogens with one attached hydrogen (secondary N) is 1. The lowest BCUT2D eigenvalue weighted by atomic mass is 10.1. The van der Waals surface area contributed by atoms with Crippen molar-refractivity contribution < 1.29 is 13.9 Å². The molecule has 0 unspecified atom stereocenters. The normalized spacial score (nSPS) is 10.5. The number of carbonyl (C=O) groups excluding carboxylic acids is 1. The number of urea groups is 1. The molecule has 0 bridgehead atoms. The molecule has 3 N–H and O–H groups in total. The number of hydrazone groups is 1. The third-order valence-corrected chi connectivity index (χ3v) is 2.57. The number of carbonyl (C=O) groups is 1. The van der Waals surface area contributed by atoms with Gasteiger partial charge in [0.1, 0.15) is 18.2 Å². The summed E-state index contributed by atoms with van der Waals surface area (Å²) in [6, 6.07) is 12.6. The molecule has 0 fully saturated rings. The van der Waals surface area contributed by atoms with Crippen LogP contribution in [0.1, 0.15) is 11.1 Å². The summed E-state index contributed by atoms with van der Waals surface area (Å²) in [5.41, 5.74) is 8.72. The number of nitrogens with zero attached hydrogens (tertiary/aromatic N) is 1. The number of hydrogen-bond donors (Lipinski definition) is 2. The van der Waals surface area contributed by atoms with Gasteiger partial charge in [-0.1, -0.05) is 30.3 Å². The van der Waals surface area contributed by atoms with Crippen LogP contribution >= 0.6 is 0 Å². The predicted molar refractivity (Wildman–Crippen MR) is 77.5 cm³/mol. The molecule has 2 amide bonds. The topological polar surface area (TPSA) is 76.7 Å². The molecule has 0 aliphatic rings. The second-order valence-corrected chi connectivity index (χ2v) is 4.22. The second kappa shape index (κ2) is 7.04. The summed E-state index contributed by atoms with van der Waals surface area (Å²) >= 11 is 0. The maximum atomic E-state index is 13.0. The summed E-state index contributed by atoms with van der Waals surface area (Å²) in [5.74, 6) is 0.146. The molecule has 0 saturated heterocycles. The minimum absolute atomic E-state index is 0.332. The Hall–Kier alpha value is -2.89. The summed E-state index contributed by atoms with van der Waals surface area (Å²) in [5, 5.41) is 3.65. The number of rotatable bonds is 5. The second-order valence-electron chi connectivity index (χ2n) is 4.22. The maximum absolute atomic E-state index is 13.0. The van der Waals surface area contributed by atoms with Gasteiger partial charge in [-0.05, 0) is 23.3 Å². The fraction of sp³-hybridized carbons (Fsp3) is 0.0667. The van der Waals surface area contributed by atoms with Gasteiger partial charge in [0.2, 0.25) is 0 Å². The van der Waals surface area contributed by atoms with Gasteiger partial charge in [0.15, 0.2) is 0 Å². The fourth-order valence-corrected chi connectivity index (χ4v) is 1.59. The highest BCUT2D eigenvalue weighted by Gasteiger charge is 1.98. The van der Waals surface area contributed by atoms with E-state index < -0.39 is 6.03 Å². The van der Waals surface area contributed by atoms with Gasteiger partial charge < -0.3 is 10.5 Å². The molecule has 0 spiro atoms. The van der Waals surface area contributed by atoms with E-state index in [-0.39, 0.29) is 5.82 Å². The zero-order valence-corrected chi connectivity index (χ0v) is 11.1. The molecule has 0 aliphatic carbocycles. The van der Waals surface area contributed by atoms with Gasteiger partial charge in [-0.25, -0.2) is 14.6 Å². The third kappa shape index (κ3) is 4.94. The quantitative estimate of drug-likeness (QED) is 0.654. The molecule has 0 aliphatic heterocycles. The van der Waals surface area contributed by atoms with Crippen molar-refractivity contribution in [2.24, 2.45) is 10.8 Å². The van der Waals surface area contributed by atoms with Crippen molar-refractivity contribution in [3.05, 3.63) is 65.5 Å². The standard InChI is InChI=1S/C15H14FN3O2/c16-13-2-1-3-14(8-13)21-10-12-6-4-11(5-7-12)9-18-19-15(17)20/h1-9H,10H2,(H3,17,19,20). The van der Waals surface area contributed by atoms with Crippen LogP contribution in [0.3, 0.4) is 0 Å². The van der Waals surface area contributed by atoms with E-state index in [1.54, 1.807) is 12.1 Å². The molecular weight excluding hydrogens is 273 g/mol. The molecule has 2 aromatic rings. The molecule has 0 radical (unpaired) electrons. The first-order valence-corrected chi connectivity index (χ1v) is 6.19. The molecule has 0 atom stereocenters. The first-order valence-electron chi connectivity index (χ1n) is 6.19. The van der Waals surface area contributed by atoms with Crippen LogP contribution < -0.4 is 15.9 Å². The summed E-state index contributed by atoms with van der Waals surface area (Å²) in [6.45, 7) is 0.334. The fourth-order valence-electron chi connectivity index (χ4n) is 1.59. The Morgan fingerprint density at radius 3 is 2.71 bits per heavy atom. The Kier molecular flexibility index (Phi) is 4.87. The van der Waals surface area contributed by atoms with Crippen LogP contribution in [-0.2, 0) is 6.61 Å². The number of halogens is 1. The molecule has 6 heteroatoms. The first kappa shape index (κ1) is 14.5. The Balaban J connectivity index is 1.90. The Bertz CT molecular complexity index is 642. The monoisotopic (exact) mass is 287 g/mol. The number of amides is 2. The highest BCUT2D eigenvalue weighted by Crippen LogP contribution is 2.14. The van der Waals surface area contributed by atoms with Crippen LogP contribution in [0.4, 0.5) is 9.18 Å². The number of nitrogens with two attached hydrogens (primary N) is 1. The number of benzene rings is 2. The molecule has 0 saturated carbocycles. The Labute approximate surface area is 121 Å². The molecule has 21 heavy (non-hydrogen) atoms. The van der Waals surface area contributed by atoms with Crippen LogP contribution in [0, 0.1) is 5.82 Å². The van der Waals surface area contributed by atoms with E-state index in [1.165, 1.54) is 18.3 Å². The van der Waals surface area contributed by atoms with Crippen molar-refractivity contribution in [3.8, 4) is 5.75 Å². The minimum atomic E-state index is -0.716. The molecule has 108 valence electrons. The van der Waals surface area contributed by atoms with E-state index in [0.29, 0.717) is 12.4 Å². The van der Waals surface area contributed by atoms with Gasteiger partial charge in [0.05, 0.1) is 6.21 Å². The molecule has 5 nitrogen and oxygen atoms in total. The van der Waals surface area contributed by atoms with Gasteiger partial charge in [-0.2, -0.15) is 5.10 Å². The van der Waals surface area contributed by atoms with E-state index in [4.69, 9.17) is 10.5 Å². The molecule has 0 heterocycles. The lowest BCUT2D eigenvalue weighted by molar-refractivity contribution is 0.249. The number of ether oxygens (including phenoxy) is 1. The van der Waals surface area contributed by atoms with Crippen LogP contribution in [0.5, 0.6) is 5.75 Å². The smallest absolute Gasteiger partial charge is 0.332 e. The Morgan fingerprint density at radius 1 is 1.29 bits per heavy atom. The summed E-state index contributed by atoms with van der Waals surface area (Å²) in [7, 11) is 0. The average molecular weight is 287 g/mol. The maximum Gasteiger partial charge on any atom is 0.332 e. The van der Waals surface area contributed by atoms with E-state index in [2.05, 4.69) is 10.5 Å². The molecular formula is C15H14FN3O2. The largest absolute Gasteiger partial charge is 0.489 e. The van der Waals surface area contributed by atoms with E-state index in [0.717, 1.165) is 11.1 Å². The van der Waals surface area contributed by atoms with E-state index >= 15 is 0 Å². The van der Waals surface area contributed by atoms with Crippen LogP contribution in [0.2, 0.25) is 0 Å². The molecule has 0 aromatic heterocycles. The van der Waals surface area contributed by atoms with Crippen molar-refractivity contribution in [1.82, 2.24) is 5.43 Å². The zero-order chi connectivity index (χ0) is 15.1. The van der Waals surface area contributed by atoms with E-state index in [9.17, 15) is 9.18 Å². The first-order chi connectivity index (χ1) is 10.1. The summed E-state index contributed by atoms with van der Waals surface area (Å²) in [4.78, 5) is 10.4. The SMILES string of the molecule is NC(=O)NN=Cc1ccc(COc2cccc(F)c2)cc1. The number of hydrogen-bond acceptors (Lipinski definition) is 3. The van der Waals surface area contributed by atoms with Crippen LogP contribution in [-0.4, -0.2) is 12.2 Å². The Morgan fingerprint density at radius 2 is 2.05 bits per heavy atom. The summed E-state index contributed by atoms with van der Waals surface area (Å²) in [6.07, 6.45) is 1.47. The van der Waals surface area contributed by atoms with Crippen molar-refractivity contribution in [2.75, 3.05) is 0 Å². The van der Waals surface area contributed by atoms with Crippen molar-refractivity contribution >= 4 is 12.2 Å². The molecule has 2 rings (SSSR count). The highest BCUT2D eigenvalue weighted by atomic mass is 19.1. The van der Waals surface area contributed by atoms with E-state index in [1.807, 2.05) is 24.3 Å². The van der Waals surface area contributed by atoms with Crippen molar-refractivity contribution in [3.63, 3.8) is 0 Å². The zero-order valence-electron chi connectivity index (χ0n) is 11.1. The highest BCUT2D eigenvalue weighted by molar-refractivity contribution is 5.81. The number of primary amides is 1. The van der Waals surface area contributed by atoms with Crippen molar-refractivity contribution in [2.45, 2.75) is 6.61 Å². The summed E-state index contributed by atoms with van der Waals surface area (Å²) < 4.78 is 18.5. The lowest BCUT2D eigenvalue weighted by Crippen LogP contribution is -2.24. The lowest BCUT2D eigenvalue weighted by Gasteiger charge is -2.06.